The maximum Gasteiger partial charge on any atom is 0.262 e. The first-order chi connectivity index (χ1) is 11.1. The molecule has 2 aromatic rings. The number of rotatable bonds is 5. The van der Waals surface area contributed by atoms with Crippen molar-refractivity contribution in [1.29, 1.82) is 0 Å². The fourth-order valence-corrected chi connectivity index (χ4v) is 5.10. The van der Waals surface area contributed by atoms with Gasteiger partial charge in [-0.25, -0.2) is 4.98 Å². The van der Waals surface area contributed by atoms with Gasteiger partial charge in [0.1, 0.15) is 4.83 Å². The molecule has 1 N–H and O–H groups in total. The molecule has 0 radical (unpaired) electrons. The highest BCUT2D eigenvalue weighted by molar-refractivity contribution is 7.99. The van der Waals surface area contributed by atoms with Gasteiger partial charge in [0.05, 0.1) is 11.1 Å². The molecule has 2 heterocycles. The van der Waals surface area contributed by atoms with E-state index in [0.717, 1.165) is 36.0 Å². The van der Waals surface area contributed by atoms with E-state index in [1.165, 1.54) is 35.0 Å². The third kappa shape index (κ3) is 2.92. The SMILES string of the molecule is Cn1c(SCC(=O)NCC2CC2)nc2sc3c(c2c1=O)CCC3. The maximum absolute atomic E-state index is 12.7. The molecule has 2 aromatic heterocycles. The molecule has 1 amide bonds. The second-order valence-electron chi connectivity index (χ2n) is 6.33. The zero-order valence-electron chi connectivity index (χ0n) is 13.1. The van der Waals surface area contributed by atoms with Crippen LogP contribution >= 0.6 is 23.1 Å². The monoisotopic (exact) mass is 349 g/mol. The predicted octanol–water partition coefficient (Wildman–Crippen LogP) is 2.10. The number of aryl methyl sites for hydroxylation is 2. The van der Waals surface area contributed by atoms with Gasteiger partial charge in [-0.3, -0.25) is 14.2 Å². The fourth-order valence-electron chi connectivity index (χ4n) is 3.00. The van der Waals surface area contributed by atoms with Crippen LogP contribution in [0.1, 0.15) is 29.7 Å². The van der Waals surface area contributed by atoms with Gasteiger partial charge in [0, 0.05) is 18.5 Å². The predicted molar refractivity (Wildman–Crippen MR) is 93.3 cm³/mol. The van der Waals surface area contributed by atoms with Gasteiger partial charge >= 0.3 is 0 Å². The lowest BCUT2D eigenvalue weighted by Gasteiger charge is -2.08. The second kappa shape index (κ2) is 5.94. The molecule has 0 bridgehead atoms. The Bertz CT molecular complexity index is 836. The van der Waals surface area contributed by atoms with E-state index >= 15 is 0 Å². The minimum absolute atomic E-state index is 0.0184. The largest absolute Gasteiger partial charge is 0.355 e. The van der Waals surface area contributed by atoms with Crippen molar-refractivity contribution in [2.75, 3.05) is 12.3 Å². The lowest BCUT2D eigenvalue weighted by Crippen LogP contribution is -2.28. The molecule has 1 fully saturated rings. The first-order valence-electron chi connectivity index (χ1n) is 8.04. The number of hydrogen-bond acceptors (Lipinski definition) is 5. The Morgan fingerprint density at radius 2 is 2.26 bits per heavy atom. The molecule has 0 aliphatic heterocycles. The molecule has 4 rings (SSSR count). The quantitative estimate of drug-likeness (QED) is 0.663. The van der Waals surface area contributed by atoms with Crippen LogP contribution in [0, 0.1) is 5.92 Å². The van der Waals surface area contributed by atoms with Crippen molar-refractivity contribution in [2.24, 2.45) is 13.0 Å². The minimum Gasteiger partial charge on any atom is -0.355 e. The van der Waals surface area contributed by atoms with Gasteiger partial charge in [-0.2, -0.15) is 0 Å². The van der Waals surface area contributed by atoms with Crippen LogP contribution in [-0.2, 0) is 24.7 Å². The number of thioether (sulfide) groups is 1. The van der Waals surface area contributed by atoms with Gasteiger partial charge in [0.2, 0.25) is 5.91 Å². The highest BCUT2D eigenvalue weighted by Gasteiger charge is 2.23. The van der Waals surface area contributed by atoms with Crippen molar-refractivity contribution in [3.8, 4) is 0 Å². The average Bonchev–Trinajstić information content (AvgIpc) is 3.15. The van der Waals surface area contributed by atoms with Crippen molar-refractivity contribution in [2.45, 2.75) is 37.3 Å². The number of nitrogens with one attached hydrogen (secondary N) is 1. The third-order valence-corrected chi connectivity index (χ3v) is 6.74. The summed E-state index contributed by atoms with van der Waals surface area (Å²) in [6.45, 7) is 0.780. The minimum atomic E-state index is 0.0184. The zero-order chi connectivity index (χ0) is 16.0. The number of fused-ring (bicyclic) bond motifs is 3. The molecule has 0 saturated heterocycles. The summed E-state index contributed by atoms with van der Waals surface area (Å²) < 4.78 is 1.59. The molecule has 1 saturated carbocycles. The van der Waals surface area contributed by atoms with E-state index in [4.69, 9.17) is 0 Å². The van der Waals surface area contributed by atoms with E-state index in [-0.39, 0.29) is 11.5 Å². The summed E-state index contributed by atoms with van der Waals surface area (Å²) in [6.07, 6.45) is 5.64. The Hall–Kier alpha value is -1.34. The number of nitrogens with zero attached hydrogens (tertiary/aromatic N) is 2. The van der Waals surface area contributed by atoms with E-state index in [1.54, 1.807) is 23.0 Å². The van der Waals surface area contributed by atoms with Crippen LogP contribution in [0.25, 0.3) is 10.2 Å². The Balaban J connectivity index is 1.54. The second-order valence-corrected chi connectivity index (χ2v) is 8.36. The highest BCUT2D eigenvalue weighted by atomic mass is 32.2. The Morgan fingerprint density at radius 1 is 1.43 bits per heavy atom. The van der Waals surface area contributed by atoms with Gasteiger partial charge in [-0.15, -0.1) is 11.3 Å². The lowest BCUT2D eigenvalue weighted by atomic mass is 10.2. The molecule has 7 heteroatoms. The van der Waals surface area contributed by atoms with E-state index in [2.05, 4.69) is 10.3 Å². The fraction of sp³-hybridized carbons (Fsp3) is 0.562. The van der Waals surface area contributed by atoms with Crippen molar-refractivity contribution in [3.63, 3.8) is 0 Å². The highest BCUT2D eigenvalue weighted by Crippen LogP contribution is 2.35. The normalized spacial score (nSPS) is 16.7. The number of carbonyl (C=O) groups excluding carboxylic acids is 1. The Kier molecular flexibility index (Phi) is 3.93. The van der Waals surface area contributed by atoms with Crippen LogP contribution in [0.15, 0.2) is 9.95 Å². The molecular formula is C16H19N3O2S2. The van der Waals surface area contributed by atoms with E-state index in [9.17, 15) is 9.59 Å². The van der Waals surface area contributed by atoms with Crippen molar-refractivity contribution in [3.05, 3.63) is 20.8 Å². The molecule has 5 nitrogen and oxygen atoms in total. The van der Waals surface area contributed by atoms with Gasteiger partial charge < -0.3 is 5.32 Å². The number of aromatic nitrogens is 2. The third-order valence-electron chi connectivity index (χ3n) is 4.52. The van der Waals surface area contributed by atoms with Crippen LogP contribution in [0.3, 0.4) is 0 Å². The summed E-state index contributed by atoms with van der Waals surface area (Å²) in [6, 6.07) is 0. The molecule has 0 unspecified atom stereocenters. The molecule has 23 heavy (non-hydrogen) atoms. The maximum atomic E-state index is 12.7. The lowest BCUT2D eigenvalue weighted by molar-refractivity contribution is -0.118. The summed E-state index contributed by atoms with van der Waals surface area (Å²) in [5.41, 5.74) is 1.23. The Morgan fingerprint density at radius 3 is 3.04 bits per heavy atom. The topological polar surface area (TPSA) is 64.0 Å². The van der Waals surface area contributed by atoms with Crippen LogP contribution in [0.5, 0.6) is 0 Å². The van der Waals surface area contributed by atoms with Crippen LogP contribution in [0.2, 0.25) is 0 Å². The summed E-state index contributed by atoms with van der Waals surface area (Å²) in [5.74, 6) is 1.00. The van der Waals surface area contributed by atoms with E-state index in [1.807, 2.05) is 0 Å². The smallest absolute Gasteiger partial charge is 0.262 e. The van der Waals surface area contributed by atoms with Gasteiger partial charge in [0.15, 0.2) is 5.16 Å². The van der Waals surface area contributed by atoms with Crippen LogP contribution in [0.4, 0.5) is 0 Å². The molecule has 122 valence electrons. The van der Waals surface area contributed by atoms with Gasteiger partial charge in [-0.05, 0) is 43.6 Å². The summed E-state index contributed by atoms with van der Waals surface area (Å²) in [5, 5.41) is 4.37. The van der Waals surface area contributed by atoms with Crippen molar-refractivity contribution >= 4 is 39.2 Å². The standard InChI is InChI=1S/C16H19N3O2S2/c1-19-15(21)13-10-3-2-4-11(10)23-14(13)18-16(19)22-8-12(20)17-7-9-5-6-9/h9H,2-8H2,1H3,(H,17,20). The number of hydrogen-bond donors (Lipinski definition) is 1. The molecule has 0 aromatic carbocycles. The molecule has 0 atom stereocenters. The van der Waals surface area contributed by atoms with E-state index < -0.39 is 0 Å². The van der Waals surface area contributed by atoms with E-state index in [0.29, 0.717) is 16.8 Å². The zero-order valence-corrected chi connectivity index (χ0v) is 14.7. The van der Waals surface area contributed by atoms with Crippen LogP contribution in [-0.4, -0.2) is 27.8 Å². The Labute approximate surface area is 142 Å². The number of amides is 1. The summed E-state index contributed by atoms with van der Waals surface area (Å²) >= 11 is 2.99. The van der Waals surface area contributed by atoms with Crippen LogP contribution < -0.4 is 10.9 Å². The van der Waals surface area contributed by atoms with Gasteiger partial charge in [-0.1, -0.05) is 11.8 Å². The van der Waals surface area contributed by atoms with Crippen molar-refractivity contribution < 1.29 is 4.79 Å². The van der Waals surface area contributed by atoms with Crippen molar-refractivity contribution in [1.82, 2.24) is 14.9 Å². The number of thiophene rings is 1. The van der Waals surface area contributed by atoms with Gasteiger partial charge in [0.25, 0.3) is 5.56 Å². The first-order valence-corrected chi connectivity index (χ1v) is 9.84. The molecular weight excluding hydrogens is 330 g/mol. The summed E-state index contributed by atoms with van der Waals surface area (Å²) in [7, 11) is 1.75. The summed E-state index contributed by atoms with van der Waals surface area (Å²) in [4.78, 5) is 31.3. The molecule has 2 aliphatic rings. The first kappa shape index (κ1) is 15.2. The number of carbonyl (C=O) groups is 1. The molecule has 0 spiro atoms. The molecule has 2 aliphatic carbocycles. The average molecular weight is 349 g/mol.